The van der Waals surface area contributed by atoms with Crippen LogP contribution in [-0.2, 0) is 16.2 Å². The van der Waals surface area contributed by atoms with E-state index in [0.717, 1.165) is 83.2 Å². The molecular weight excluding hydrogens is 1540 g/mol. The summed E-state index contributed by atoms with van der Waals surface area (Å²) in [6.45, 7) is 9.41. The molecule has 0 saturated heterocycles. The molecule has 3 aliphatic rings. The minimum Gasteiger partial charge on any atom is -0.455 e. The van der Waals surface area contributed by atoms with Gasteiger partial charge in [0.05, 0.1) is 55.8 Å². The van der Waals surface area contributed by atoms with Crippen LogP contribution in [0.25, 0.3) is 183 Å². The number of para-hydroxylation sites is 5. The zero-order valence-corrected chi connectivity index (χ0v) is 70.8. The van der Waals surface area contributed by atoms with Gasteiger partial charge in [0.2, 0.25) is 0 Å². The number of furan rings is 1. The molecule has 0 fully saturated rings. The summed E-state index contributed by atoms with van der Waals surface area (Å²) in [5, 5.41) is 8.44. The first kappa shape index (κ1) is 74.8. The van der Waals surface area contributed by atoms with Crippen LogP contribution < -0.4 is 0 Å². The summed E-state index contributed by atoms with van der Waals surface area (Å²) in [7, 11) is 0. The van der Waals surface area contributed by atoms with E-state index in [4.69, 9.17) is 9.40 Å². The average Bonchev–Trinajstić information content (AvgIpc) is 1.61. The summed E-state index contributed by atoms with van der Waals surface area (Å²) in [6, 6.07) is 158. The molecule has 6 nitrogen and oxygen atoms in total. The Morgan fingerprint density at radius 1 is 0.252 bits per heavy atom. The molecule has 3 aliphatic carbocycles. The monoisotopic (exact) mass is 1620 g/mol. The van der Waals surface area contributed by atoms with Gasteiger partial charge in [-0.3, -0.25) is 4.98 Å². The highest BCUT2D eigenvalue weighted by molar-refractivity contribution is 6.11. The van der Waals surface area contributed by atoms with E-state index in [1.807, 2.05) is 24.4 Å². The second kappa shape index (κ2) is 29.6. The van der Waals surface area contributed by atoms with Crippen LogP contribution in [0.4, 0.5) is 0 Å². The molecule has 6 heterocycles. The molecule has 23 aromatic rings. The lowest BCUT2D eigenvalue weighted by Gasteiger charge is -2.33. The van der Waals surface area contributed by atoms with Crippen molar-refractivity contribution >= 4 is 76.5 Å². The van der Waals surface area contributed by atoms with Crippen LogP contribution in [0.3, 0.4) is 0 Å². The molecule has 127 heavy (non-hydrogen) atoms. The number of pyridine rings is 2. The van der Waals surface area contributed by atoms with Crippen LogP contribution in [0.1, 0.15) is 72.2 Å². The van der Waals surface area contributed by atoms with Gasteiger partial charge in [-0.1, -0.05) is 373 Å². The standard InChI is InChI=1S/C51H35N.C35H25N3.C35H25NO/c1-5-17-36(18-6-1)39-33-40(37-19-7-2-8-20-37)35-41(34-39)38-29-31-44(32-30-38)52-48-28-16-14-26-46(48)49-50(52)45-25-13-15-27-47(45)51(49,42-21-9-3-10-22-42)43-23-11-4-12-24-43;1-35(2)28-11-5-3-9-26(28)34-31(35)27-10-4-6-12-30(27)38(34)25-18-15-22(16-19-25)29-20-17-24-14-13-23-8-7-21-36-32(23)33(24)37-29;1-35(2)29-18-6-3-14-27(29)33-32(35)28-15-4-7-19-30(28)36(33)23-12-9-11-22(21-23)24-16-10-17-26-25-13-5-8-20-31(25)37-34(24)26/h1-35H;3-21H,1-2H3;3-21H,1-2H3. The highest BCUT2D eigenvalue weighted by Crippen LogP contribution is 2.61. The fourth-order valence-electron chi connectivity index (χ4n) is 21.6. The van der Waals surface area contributed by atoms with Crippen molar-refractivity contribution in [2.24, 2.45) is 0 Å². The molecular formula is C121H85N5O. The summed E-state index contributed by atoms with van der Waals surface area (Å²) in [6.07, 6.45) is 1.84. The van der Waals surface area contributed by atoms with Crippen LogP contribution in [0.2, 0.25) is 0 Å². The first-order chi connectivity index (χ1) is 62.5. The normalized spacial score (nSPS) is 13.4. The maximum absolute atomic E-state index is 6.38. The highest BCUT2D eigenvalue weighted by atomic mass is 16.3. The molecule has 0 aliphatic heterocycles. The van der Waals surface area contributed by atoms with Crippen molar-refractivity contribution in [1.29, 1.82) is 0 Å². The molecule has 0 spiro atoms. The summed E-state index contributed by atoms with van der Waals surface area (Å²) >= 11 is 0. The average molecular weight is 1630 g/mol. The Kier molecular flexibility index (Phi) is 17.4. The topological polar surface area (TPSA) is 53.7 Å². The summed E-state index contributed by atoms with van der Waals surface area (Å²) in [4.78, 5) is 9.67. The molecule has 6 heteroatoms. The Morgan fingerprint density at radius 3 is 1.20 bits per heavy atom. The van der Waals surface area contributed by atoms with Gasteiger partial charge in [0.25, 0.3) is 0 Å². The molecule has 0 unspecified atom stereocenters. The fraction of sp³-hybridized carbons (Fsp3) is 0.0579. The van der Waals surface area contributed by atoms with E-state index in [0.29, 0.717) is 0 Å². The lowest BCUT2D eigenvalue weighted by molar-refractivity contribution is 0.666. The second-order valence-corrected chi connectivity index (χ2v) is 35.0. The van der Waals surface area contributed by atoms with E-state index in [9.17, 15) is 0 Å². The fourth-order valence-corrected chi connectivity index (χ4v) is 21.6. The predicted molar refractivity (Wildman–Crippen MR) is 527 cm³/mol. The molecule has 26 rings (SSSR count). The van der Waals surface area contributed by atoms with Gasteiger partial charge in [0.1, 0.15) is 11.2 Å². The van der Waals surface area contributed by atoms with E-state index >= 15 is 0 Å². The molecule has 0 bridgehead atoms. The van der Waals surface area contributed by atoms with Crippen molar-refractivity contribution < 1.29 is 4.42 Å². The van der Waals surface area contributed by atoms with Gasteiger partial charge in [-0.15, -0.1) is 0 Å². The number of aromatic nitrogens is 5. The Bertz CT molecular complexity index is 8190. The maximum atomic E-state index is 6.38. The highest BCUT2D eigenvalue weighted by Gasteiger charge is 2.50. The molecule has 6 aromatic heterocycles. The third-order valence-electron chi connectivity index (χ3n) is 27.2. The van der Waals surface area contributed by atoms with Crippen LogP contribution >= 0.6 is 0 Å². The smallest absolute Gasteiger partial charge is 0.143 e. The molecule has 0 atom stereocenters. The predicted octanol–water partition coefficient (Wildman–Crippen LogP) is 31.2. The van der Waals surface area contributed by atoms with E-state index < -0.39 is 5.41 Å². The van der Waals surface area contributed by atoms with E-state index in [-0.39, 0.29) is 10.8 Å². The van der Waals surface area contributed by atoms with E-state index in [1.54, 1.807) is 0 Å². The lowest BCUT2D eigenvalue weighted by atomic mass is 9.67. The van der Waals surface area contributed by atoms with Gasteiger partial charge < -0.3 is 18.1 Å². The Hall–Kier alpha value is -16.0. The molecule has 17 aromatic carbocycles. The van der Waals surface area contributed by atoms with E-state index in [1.165, 1.54) is 144 Å². The maximum Gasteiger partial charge on any atom is 0.143 e. The summed E-state index contributed by atoms with van der Waals surface area (Å²) in [5.41, 5.74) is 40.5. The molecule has 600 valence electrons. The van der Waals surface area contributed by atoms with Gasteiger partial charge in [-0.25, -0.2) is 4.98 Å². The van der Waals surface area contributed by atoms with E-state index in [2.05, 4.69) is 465 Å². The van der Waals surface area contributed by atoms with Crippen LogP contribution in [0.5, 0.6) is 0 Å². The zero-order valence-electron chi connectivity index (χ0n) is 70.8. The largest absolute Gasteiger partial charge is 0.455 e. The third-order valence-corrected chi connectivity index (χ3v) is 27.2. The van der Waals surface area contributed by atoms with Gasteiger partial charge in [0, 0.05) is 105 Å². The first-order valence-corrected chi connectivity index (χ1v) is 44.0. The van der Waals surface area contributed by atoms with Crippen molar-refractivity contribution in [3.63, 3.8) is 0 Å². The third kappa shape index (κ3) is 11.8. The molecule has 0 amide bonds. The van der Waals surface area contributed by atoms with Crippen molar-refractivity contribution in [2.75, 3.05) is 0 Å². The van der Waals surface area contributed by atoms with Crippen molar-refractivity contribution in [2.45, 2.75) is 43.9 Å². The summed E-state index contributed by atoms with van der Waals surface area (Å²) < 4.78 is 13.8. The van der Waals surface area contributed by atoms with Crippen molar-refractivity contribution in [3.8, 4) is 107 Å². The number of benzene rings is 17. The first-order valence-electron chi connectivity index (χ1n) is 44.0. The minimum atomic E-state index is -0.467. The number of hydrogen-bond acceptors (Lipinski definition) is 3. The zero-order chi connectivity index (χ0) is 84.6. The Balaban J connectivity index is 0.000000108. The van der Waals surface area contributed by atoms with Crippen LogP contribution in [0, 0.1) is 0 Å². The SMILES string of the molecule is CC1(C)c2ccccc2-c2c1c1ccccc1n2-c1ccc(-c2ccc3ccc4cccnc4c3n2)cc1.CC1(C)c2ccccc2-c2c1c1ccccc1n2-c1cccc(-c2cccc3c2oc2ccccc23)c1.c1ccc(-c2cc(-c3ccccc3)cc(-c3ccc(-n4c5c(c6ccccc64)C(c4ccccc4)(c4ccccc4)c4ccccc4-5)cc3)c2)cc1. The Labute approximate surface area is 737 Å². The van der Waals surface area contributed by atoms with Crippen LogP contribution in [0.15, 0.2) is 447 Å². The minimum absolute atomic E-state index is 0.0530. The number of nitrogens with zero attached hydrogens (tertiary/aromatic N) is 5. The lowest BCUT2D eigenvalue weighted by Crippen LogP contribution is -2.28. The van der Waals surface area contributed by atoms with Gasteiger partial charge in [-0.2, -0.15) is 0 Å². The number of rotatable bonds is 10. The summed E-state index contributed by atoms with van der Waals surface area (Å²) in [5.74, 6) is 0. The quantitative estimate of drug-likeness (QED) is 0.128. The van der Waals surface area contributed by atoms with Crippen molar-refractivity contribution in [3.05, 3.63) is 487 Å². The van der Waals surface area contributed by atoms with Gasteiger partial charge >= 0.3 is 0 Å². The van der Waals surface area contributed by atoms with Gasteiger partial charge in [-0.05, 0) is 169 Å². The Morgan fingerprint density at radius 2 is 0.646 bits per heavy atom. The molecule has 0 radical (unpaired) electrons. The second-order valence-electron chi connectivity index (χ2n) is 35.0. The van der Waals surface area contributed by atoms with Gasteiger partial charge in [0.15, 0.2) is 0 Å². The number of hydrogen-bond donors (Lipinski definition) is 0. The molecule has 0 saturated carbocycles. The van der Waals surface area contributed by atoms with Crippen molar-refractivity contribution in [1.82, 2.24) is 23.7 Å². The number of fused-ring (bicyclic) bond motifs is 21. The molecule has 0 N–H and O–H groups in total. The van der Waals surface area contributed by atoms with Crippen LogP contribution in [-0.4, -0.2) is 23.7 Å².